The molecule has 1 unspecified atom stereocenters. The highest BCUT2D eigenvalue weighted by Crippen LogP contribution is 2.31. The Morgan fingerprint density at radius 1 is 1.21 bits per heavy atom. The van der Waals surface area contributed by atoms with Crippen LogP contribution in [0.2, 0.25) is 0 Å². The van der Waals surface area contributed by atoms with Gasteiger partial charge < -0.3 is 4.98 Å². The Kier molecular flexibility index (Phi) is 3.31. The van der Waals surface area contributed by atoms with Crippen molar-refractivity contribution in [1.82, 2.24) is 14.9 Å². The summed E-state index contributed by atoms with van der Waals surface area (Å²) in [6, 6.07) is 6.86. The molecule has 1 aliphatic heterocycles. The first-order valence-electron chi connectivity index (χ1n) is 7.35. The Labute approximate surface area is 115 Å². The van der Waals surface area contributed by atoms with Gasteiger partial charge in [-0.25, -0.2) is 4.98 Å². The number of nitrogens with zero attached hydrogens (tertiary/aromatic N) is 2. The van der Waals surface area contributed by atoms with Gasteiger partial charge in [-0.3, -0.25) is 4.90 Å². The summed E-state index contributed by atoms with van der Waals surface area (Å²) in [5.74, 6) is 1.72. The van der Waals surface area contributed by atoms with E-state index >= 15 is 0 Å². The van der Waals surface area contributed by atoms with Gasteiger partial charge in [0, 0.05) is 0 Å². The van der Waals surface area contributed by atoms with Crippen LogP contribution < -0.4 is 0 Å². The van der Waals surface area contributed by atoms with E-state index in [2.05, 4.69) is 48.9 Å². The van der Waals surface area contributed by atoms with Crippen LogP contribution in [0.4, 0.5) is 0 Å². The number of nitrogens with one attached hydrogen (secondary N) is 1. The van der Waals surface area contributed by atoms with Gasteiger partial charge in [-0.15, -0.1) is 0 Å². The molecule has 2 heterocycles. The minimum atomic E-state index is 0.426. The molecule has 2 aromatic rings. The normalized spacial score (nSPS) is 18.5. The summed E-state index contributed by atoms with van der Waals surface area (Å²) in [7, 11) is 0. The van der Waals surface area contributed by atoms with Crippen molar-refractivity contribution in [3.8, 4) is 0 Å². The van der Waals surface area contributed by atoms with Gasteiger partial charge in [0.1, 0.15) is 5.82 Å². The molecule has 1 saturated heterocycles. The number of rotatable bonds is 3. The number of aryl methyl sites for hydroxylation is 1. The van der Waals surface area contributed by atoms with E-state index in [9.17, 15) is 0 Å². The van der Waals surface area contributed by atoms with E-state index < -0.39 is 0 Å². The first-order valence-corrected chi connectivity index (χ1v) is 7.35. The number of aromatic amines is 1. The fourth-order valence-electron chi connectivity index (χ4n) is 3.21. The molecule has 1 atom stereocenters. The molecule has 102 valence electrons. The first-order chi connectivity index (χ1) is 9.15. The van der Waals surface area contributed by atoms with Gasteiger partial charge in [-0.2, -0.15) is 0 Å². The minimum Gasteiger partial charge on any atom is -0.341 e. The number of fused-ring (bicyclic) bond motifs is 1. The van der Waals surface area contributed by atoms with Crippen LogP contribution in [0.5, 0.6) is 0 Å². The predicted molar refractivity (Wildman–Crippen MR) is 79.2 cm³/mol. The summed E-state index contributed by atoms with van der Waals surface area (Å²) in [5, 5.41) is 0. The molecule has 0 radical (unpaired) electrons. The van der Waals surface area contributed by atoms with Crippen LogP contribution in [-0.4, -0.2) is 28.0 Å². The number of imidazole rings is 1. The molecule has 0 spiro atoms. The van der Waals surface area contributed by atoms with Crippen molar-refractivity contribution in [2.45, 2.75) is 39.7 Å². The van der Waals surface area contributed by atoms with Gasteiger partial charge in [0.25, 0.3) is 0 Å². The third-order valence-corrected chi connectivity index (χ3v) is 4.10. The Bertz CT molecular complexity index is 564. The van der Waals surface area contributed by atoms with Crippen molar-refractivity contribution in [2.75, 3.05) is 13.1 Å². The van der Waals surface area contributed by atoms with Crippen molar-refractivity contribution < 1.29 is 0 Å². The minimum absolute atomic E-state index is 0.426. The monoisotopic (exact) mass is 257 g/mol. The number of aromatic nitrogens is 2. The van der Waals surface area contributed by atoms with Gasteiger partial charge in [0.05, 0.1) is 17.1 Å². The Morgan fingerprint density at radius 3 is 2.63 bits per heavy atom. The molecular weight excluding hydrogens is 234 g/mol. The molecule has 3 rings (SSSR count). The zero-order valence-corrected chi connectivity index (χ0v) is 12.1. The number of H-pyrrole nitrogens is 1. The molecule has 3 nitrogen and oxygen atoms in total. The fraction of sp³-hybridized carbons (Fsp3) is 0.562. The fourth-order valence-corrected chi connectivity index (χ4v) is 3.21. The van der Waals surface area contributed by atoms with Crippen molar-refractivity contribution >= 4 is 11.0 Å². The summed E-state index contributed by atoms with van der Waals surface area (Å²) in [6.45, 7) is 9.13. The Balaban J connectivity index is 1.99. The van der Waals surface area contributed by atoms with Crippen LogP contribution in [0.15, 0.2) is 18.2 Å². The Hall–Kier alpha value is -1.35. The molecule has 1 aliphatic rings. The topological polar surface area (TPSA) is 31.9 Å². The van der Waals surface area contributed by atoms with Gasteiger partial charge in [0.2, 0.25) is 0 Å². The maximum absolute atomic E-state index is 4.82. The third kappa shape index (κ3) is 2.39. The number of hydrogen-bond donors (Lipinski definition) is 1. The highest BCUT2D eigenvalue weighted by molar-refractivity contribution is 5.75. The second kappa shape index (κ2) is 4.97. The molecule has 1 aromatic carbocycles. The van der Waals surface area contributed by atoms with Crippen LogP contribution in [0.25, 0.3) is 11.0 Å². The summed E-state index contributed by atoms with van der Waals surface area (Å²) in [4.78, 5) is 10.9. The second-order valence-electron chi connectivity index (χ2n) is 6.07. The molecule has 1 aromatic heterocycles. The average molecular weight is 257 g/mol. The van der Waals surface area contributed by atoms with Crippen molar-refractivity contribution in [2.24, 2.45) is 5.92 Å². The lowest BCUT2D eigenvalue weighted by molar-refractivity contribution is 0.185. The highest BCUT2D eigenvalue weighted by atomic mass is 15.2. The summed E-state index contributed by atoms with van der Waals surface area (Å²) in [6.07, 6.45) is 2.64. The van der Waals surface area contributed by atoms with Crippen molar-refractivity contribution in [1.29, 1.82) is 0 Å². The standard InChI is InChI=1S/C16H23N3/c1-11(2)15(19-8-4-5-9-19)16-17-13-7-6-12(3)10-14(13)18-16/h6-7,10-11,15H,4-5,8-9H2,1-3H3,(H,17,18). The zero-order valence-electron chi connectivity index (χ0n) is 12.1. The predicted octanol–water partition coefficient (Wildman–Crippen LogP) is 3.66. The number of benzene rings is 1. The molecule has 3 heteroatoms. The molecule has 0 amide bonds. The van der Waals surface area contributed by atoms with Crippen molar-refractivity contribution in [3.63, 3.8) is 0 Å². The molecule has 1 N–H and O–H groups in total. The molecule has 0 bridgehead atoms. The van der Waals surface area contributed by atoms with E-state index in [1.165, 1.54) is 37.0 Å². The molecular formula is C16H23N3. The van der Waals surface area contributed by atoms with Crippen LogP contribution in [0.3, 0.4) is 0 Å². The van der Waals surface area contributed by atoms with E-state index in [-0.39, 0.29) is 0 Å². The van der Waals surface area contributed by atoms with E-state index in [1.54, 1.807) is 0 Å². The van der Waals surface area contributed by atoms with E-state index in [4.69, 9.17) is 4.98 Å². The van der Waals surface area contributed by atoms with Gasteiger partial charge in [-0.05, 0) is 56.5 Å². The average Bonchev–Trinajstić information content (AvgIpc) is 2.97. The lowest BCUT2D eigenvalue weighted by Crippen LogP contribution is -2.30. The van der Waals surface area contributed by atoms with Crippen LogP contribution >= 0.6 is 0 Å². The third-order valence-electron chi connectivity index (χ3n) is 4.10. The number of likely N-dealkylation sites (tertiary alicyclic amines) is 1. The maximum Gasteiger partial charge on any atom is 0.124 e. The van der Waals surface area contributed by atoms with Crippen molar-refractivity contribution in [3.05, 3.63) is 29.6 Å². The van der Waals surface area contributed by atoms with Gasteiger partial charge in [-0.1, -0.05) is 19.9 Å². The van der Waals surface area contributed by atoms with Gasteiger partial charge in [0.15, 0.2) is 0 Å². The smallest absolute Gasteiger partial charge is 0.124 e. The second-order valence-corrected chi connectivity index (χ2v) is 6.07. The van der Waals surface area contributed by atoms with E-state index in [1.807, 2.05) is 0 Å². The summed E-state index contributed by atoms with van der Waals surface area (Å²) < 4.78 is 0. The summed E-state index contributed by atoms with van der Waals surface area (Å²) in [5.41, 5.74) is 3.54. The zero-order chi connectivity index (χ0) is 13.4. The largest absolute Gasteiger partial charge is 0.341 e. The van der Waals surface area contributed by atoms with E-state index in [0.717, 1.165) is 11.3 Å². The lowest BCUT2D eigenvalue weighted by Gasteiger charge is -2.28. The van der Waals surface area contributed by atoms with E-state index in [0.29, 0.717) is 12.0 Å². The number of hydrogen-bond acceptors (Lipinski definition) is 2. The Morgan fingerprint density at radius 2 is 1.95 bits per heavy atom. The van der Waals surface area contributed by atoms with Gasteiger partial charge >= 0.3 is 0 Å². The van der Waals surface area contributed by atoms with Crippen LogP contribution in [-0.2, 0) is 0 Å². The SMILES string of the molecule is Cc1ccc2nc(C(C(C)C)N3CCCC3)[nH]c2c1. The highest BCUT2D eigenvalue weighted by Gasteiger charge is 2.28. The lowest BCUT2D eigenvalue weighted by atomic mass is 10.0. The maximum atomic E-state index is 4.82. The quantitative estimate of drug-likeness (QED) is 0.910. The molecule has 0 saturated carbocycles. The molecule has 1 fully saturated rings. The van der Waals surface area contributed by atoms with Crippen LogP contribution in [0, 0.1) is 12.8 Å². The molecule has 19 heavy (non-hydrogen) atoms. The summed E-state index contributed by atoms with van der Waals surface area (Å²) >= 11 is 0. The van der Waals surface area contributed by atoms with Crippen LogP contribution in [0.1, 0.15) is 44.1 Å². The molecule has 0 aliphatic carbocycles. The first kappa shape index (κ1) is 12.7.